The number of aryl methyl sites for hydroxylation is 2. The number of carbonyl (C=O) groups is 1. The average Bonchev–Trinajstić information content (AvgIpc) is 3.12. The van der Waals surface area contributed by atoms with Crippen LogP contribution in [0.3, 0.4) is 0 Å². The molecule has 2 aromatic carbocycles. The van der Waals surface area contributed by atoms with Crippen LogP contribution >= 0.6 is 11.6 Å². The number of anilines is 1. The quantitative estimate of drug-likeness (QED) is 0.576. The standard InChI is InChI=1S/C21H24ClN5O3S/c1-5-26(6-2)31(29,30)19-13-16(12-11-14(19)3)24-21(28)20-23-15(4)27(25-20)18-10-8-7-9-17(18)22/h7-13H,5-6H2,1-4H3,(H,24,28). The SMILES string of the molecule is CCN(CC)S(=O)(=O)c1cc(NC(=O)c2nc(C)n(-c3ccccc3Cl)n2)ccc1C. The number of halogens is 1. The van der Waals surface area contributed by atoms with Gasteiger partial charge in [0.05, 0.1) is 15.6 Å². The molecule has 0 saturated heterocycles. The van der Waals surface area contributed by atoms with Crippen molar-refractivity contribution in [1.29, 1.82) is 0 Å². The Bertz CT molecular complexity index is 1220. The van der Waals surface area contributed by atoms with Crippen LogP contribution in [0.4, 0.5) is 5.69 Å². The van der Waals surface area contributed by atoms with Crippen molar-refractivity contribution in [3.8, 4) is 5.69 Å². The molecule has 31 heavy (non-hydrogen) atoms. The van der Waals surface area contributed by atoms with Crippen molar-refractivity contribution < 1.29 is 13.2 Å². The minimum Gasteiger partial charge on any atom is -0.319 e. The van der Waals surface area contributed by atoms with E-state index in [1.54, 1.807) is 58.0 Å². The Morgan fingerprint density at radius 3 is 2.45 bits per heavy atom. The number of nitrogens with zero attached hydrogens (tertiary/aromatic N) is 4. The van der Waals surface area contributed by atoms with Gasteiger partial charge in [0.15, 0.2) is 0 Å². The van der Waals surface area contributed by atoms with E-state index in [1.165, 1.54) is 15.1 Å². The molecule has 0 atom stereocenters. The van der Waals surface area contributed by atoms with Crippen molar-refractivity contribution in [1.82, 2.24) is 19.1 Å². The number of rotatable bonds is 7. The van der Waals surface area contributed by atoms with Gasteiger partial charge in [0.25, 0.3) is 5.91 Å². The average molecular weight is 462 g/mol. The lowest BCUT2D eigenvalue weighted by molar-refractivity contribution is 0.101. The van der Waals surface area contributed by atoms with Crippen LogP contribution in [0.2, 0.25) is 5.02 Å². The van der Waals surface area contributed by atoms with Crippen molar-refractivity contribution >= 4 is 33.2 Å². The number of sulfonamides is 1. The molecular formula is C21H24ClN5O3S. The molecule has 0 aliphatic rings. The number of amides is 1. The smallest absolute Gasteiger partial charge is 0.295 e. The molecule has 1 amide bonds. The number of aromatic nitrogens is 3. The molecular weight excluding hydrogens is 438 g/mol. The summed E-state index contributed by atoms with van der Waals surface area (Å²) in [4.78, 5) is 17.1. The number of hydrogen-bond acceptors (Lipinski definition) is 5. The van der Waals surface area contributed by atoms with Crippen LogP contribution in [0.1, 0.15) is 35.9 Å². The minimum atomic E-state index is -3.67. The molecule has 1 heterocycles. The minimum absolute atomic E-state index is 0.0499. The van der Waals surface area contributed by atoms with E-state index < -0.39 is 15.9 Å². The highest BCUT2D eigenvalue weighted by atomic mass is 35.5. The highest BCUT2D eigenvalue weighted by Gasteiger charge is 2.24. The summed E-state index contributed by atoms with van der Waals surface area (Å²) in [7, 11) is -3.67. The molecule has 0 fully saturated rings. The van der Waals surface area contributed by atoms with Crippen molar-refractivity contribution in [2.45, 2.75) is 32.6 Å². The predicted octanol–water partition coefficient (Wildman–Crippen LogP) is 3.82. The van der Waals surface area contributed by atoms with Gasteiger partial charge in [-0.1, -0.05) is 43.6 Å². The Labute approximate surface area is 186 Å². The third-order valence-electron chi connectivity index (χ3n) is 4.82. The molecule has 1 N–H and O–H groups in total. The largest absolute Gasteiger partial charge is 0.319 e. The number of nitrogens with one attached hydrogen (secondary N) is 1. The lowest BCUT2D eigenvalue weighted by Gasteiger charge is -2.20. The van der Waals surface area contributed by atoms with Crippen molar-refractivity contribution in [3.05, 3.63) is 64.7 Å². The van der Waals surface area contributed by atoms with Gasteiger partial charge in [-0.05, 0) is 43.7 Å². The van der Waals surface area contributed by atoms with E-state index in [2.05, 4.69) is 15.4 Å². The molecule has 0 aliphatic heterocycles. The maximum absolute atomic E-state index is 12.9. The first-order valence-corrected chi connectivity index (χ1v) is 11.6. The Balaban J connectivity index is 1.90. The highest BCUT2D eigenvalue weighted by Crippen LogP contribution is 2.24. The molecule has 0 saturated carbocycles. The van der Waals surface area contributed by atoms with Gasteiger partial charge < -0.3 is 5.32 Å². The summed E-state index contributed by atoms with van der Waals surface area (Å²) >= 11 is 6.22. The second kappa shape index (κ2) is 9.17. The fourth-order valence-electron chi connectivity index (χ4n) is 3.18. The number of benzene rings is 2. The van der Waals surface area contributed by atoms with E-state index in [0.29, 0.717) is 40.9 Å². The van der Waals surface area contributed by atoms with Gasteiger partial charge in [0.2, 0.25) is 15.8 Å². The molecule has 3 rings (SSSR count). The lowest BCUT2D eigenvalue weighted by Crippen LogP contribution is -2.31. The summed E-state index contributed by atoms with van der Waals surface area (Å²) in [6, 6.07) is 11.9. The zero-order valence-corrected chi connectivity index (χ0v) is 19.3. The maximum Gasteiger partial charge on any atom is 0.295 e. The Kier molecular flexibility index (Phi) is 6.78. The second-order valence-corrected chi connectivity index (χ2v) is 9.18. The van der Waals surface area contributed by atoms with Gasteiger partial charge >= 0.3 is 0 Å². The van der Waals surface area contributed by atoms with Crippen LogP contribution in [0.15, 0.2) is 47.4 Å². The zero-order chi connectivity index (χ0) is 22.8. The third kappa shape index (κ3) is 4.63. The Hall–Kier alpha value is -2.75. The molecule has 164 valence electrons. The molecule has 8 nitrogen and oxygen atoms in total. The topological polar surface area (TPSA) is 97.2 Å². The van der Waals surface area contributed by atoms with Crippen LogP contribution in [0, 0.1) is 13.8 Å². The molecule has 0 bridgehead atoms. The predicted molar refractivity (Wildman–Crippen MR) is 120 cm³/mol. The molecule has 0 radical (unpaired) electrons. The van der Waals surface area contributed by atoms with Crippen molar-refractivity contribution in [2.24, 2.45) is 0 Å². The summed E-state index contributed by atoms with van der Waals surface area (Å²) in [6.45, 7) is 7.72. The Morgan fingerprint density at radius 1 is 1.13 bits per heavy atom. The molecule has 1 aromatic heterocycles. The van der Waals surface area contributed by atoms with Gasteiger partial charge in [-0.25, -0.2) is 18.1 Å². The van der Waals surface area contributed by atoms with Crippen molar-refractivity contribution in [2.75, 3.05) is 18.4 Å². The van der Waals surface area contributed by atoms with E-state index in [9.17, 15) is 13.2 Å². The second-order valence-electron chi connectivity index (χ2n) is 6.87. The van der Waals surface area contributed by atoms with Gasteiger partial charge in [0.1, 0.15) is 5.82 Å². The summed E-state index contributed by atoms with van der Waals surface area (Å²) in [5.41, 5.74) is 1.55. The fraction of sp³-hybridized carbons (Fsp3) is 0.286. The number of carbonyl (C=O) groups excluding carboxylic acids is 1. The van der Waals surface area contributed by atoms with Gasteiger partial charge in [-0.3, -0.25) is 4.79 Å². The summed E-state index contributed by atoms with van der Waals surface area (Å²) in [6.07, 6.45) is 0. The molecule has 3 aromatic rings. The maximum atomic E-state index is 12.9. The van der Waals surface area contributed by atoms with Gasteiger partial charge in [0, 0.05) is 18.8 Å². The number of hydrogen-bond donors (Lipinski definition) is 1. The van der Waals surface area contributed by atoms with Crippen LogP contribution in [0.25, 0.3) is 5.69 Å². The van der Waals surface area contributed by atoms with Crippen LogP contribution in [-0.2, 0) is 10.0 Å². The summed E-state index contributed by atoms with van der Waals surface area (Å²) in [5, 5.41) is 7.43. The summed E-state index contributed by atoms with van der Waals surface area (Å²) in [5.74, 6) is -0.109. The first-order valence-electron chi connectivity index (χ1n) is 9.79. The van der Waals surface area contributed by atoms with E-state index in [-0.39, 0.29) is 10.7 Å². The van der Waals surface area contributed by atoms with E-state index in [1.807, 2.05) is 6.07 Å². The number of para-hydroxylation sites is 1. The molecule has 0 aliphatic carbocycles. The van der Waals surface area contributed by atoms with Crippen molar-refractivity contribution in [3.63, 3.8) is 0 Å². The monoisotopic (exact) mass is 461 g/mol. The molecule has 0 unspecified atom stereocenters. The normalized spacial score (nSPS) is 11.7. The van der Waals surface area contributed by atoms with Gasteiger partial charge in [-0.15, -0.1) is 5.10 Å². The lowest BCUT2D eigenvalue weighted by atomic mass is 10.2. The molecule has 0 spiro atoms. The van der Waals surface area contributed by atoms with Crippen LogP contribution in [-0.4, -0.2) is 46.5 Å². The zero-order valence-electron chi connectivity index (χ0n) is 17.8. The highest BCUT2D eigenvalue weighted by molar-refractivity contribution is 7.89. The van der Waals surface area contributed by atoms with Crippen LogP contribution < -0.4 is 5.32 Å². The fourth-order valence-corrected chi connectivity index (χ4v) is 5.11. The Morgan fingerprint density at radius 2 is 1.81 bits per heavy atom. The van der Waals surface area contributed by atoms with E-state index in [4.69, 9.17) is 11.6 Å². The first kappa shape index (κ1) is 22.9. The van der Waals surface area contributed by atoms with Crippen LogP contribution in [0.5, 0.6) is 0 Å². The first-order chi connectivity index (χ1) is 14.7. The molecule has 10 heteroatoms. The van der Waals surface area contributed by atoms with E-state index >= 15 is 0 Å². The third-order valence-corrected chi connectivity index (χ3v) is 7.33. The van der Waals surface area contributed by atoms with Gasteiger partial charge in [-0.2, -0.15) is 4.31 Å². The summed E-state index contributed by atoms with van der Waals surface area (Å²) < 4.78 is 28.7. The van der Waals surface area contributed by atoms with E-state index in [0.717, 1.165) is 0 Å².